The van der Waals surface area contributed by atoms with E-state index in [0.717, 1.165) is 19.5 Å². The third-order valence-electron chi connectivity index (χ3n) is 3.59. The van der Waals surface area contributed by atoms with Crippen molar-refractivity contribution >= 4 is 5.91 Å². The Kier molecular flexibility index (Phi) is 9.93. The minimum atomic E-state index is -0.0144. The summed E-state index contributed by atoms with van der Waals surface area (Å²) in [6.07, 6.45) is 18.9. The topological polar surface area (TPSA) is 32.3 Å². The lowest BCUT2D eigenvalue weighted by molar-refractivity contribution is -0.121. The fourth-order valence-electron chi connectivity index (χ4n) is 2.38. The zero-order chi connectivity index (χ0) is 14.5. The van der Waals surface area contributed by atoms with Gasteiger partial charge in [0.05, 0.1) is 0 Å². The van der Waals surface area contributed by atoms with Crippen molar-refractivity contribution < 1.29 is 4.79 Å². The first-order valence-corrected chi connectivity index (χ1v) is 8.21. The molecule has 1 N–H and O–H groups in total. The lowest BCUT2D eigenvalue weighted by Crippen LogP contribution is -2.44. The van der Waals surface area contributed by atoms with Gasteiger partial charge in [-0.05, 0) is 25.7 Å². The standard InChI is InChI=1S/C17H30N2O/c1-2-3-4-5-6-7-8-9-11-14-17(20)18-19-15-12-10-13-16-19/h8-9,11,14H,2-7,10,12-13,15-16H2,1H3,(H,18,20). The maximum atomic E-state index is 11.6. The normalized spacial score (nSPS) is 17.1. The van der Waals surface area contributed by atoms with E-state index in [4.69, 9.17) is 0 Å². The summed E-state index contributed by atoms with van der Waals surface area (Å²) in [5.74, 6) is -0.0144. The van der Waals surface area contributed by atoms with Gasteiger partial charge in [0.15, 0.2) is 0 Å². The smallest absolute Gasteiger partial charge is 0.258 e. The third-order valence-corrected chi connectivity index (χ3v) is 3.59. The molecule has 0 unspecified atom stereocenters. The average molecular weight is 278 g/mol. The van der Waals surface area contributed by atoms with Crippen LogP contribution in [-0.4, -0.2) is 24.0 Å². The number of nitrogens with one attached hydrogen (secondary N) is 1. The lowest BCUT2D eigenvalue weighted by Gasteiger charge is -2.26. The largest absolute Gasteiger partial charge is 0.285 e. The summed E-state index contributed by atoms with van der Waals surface area (Å²) in [5.41, 5.74) is 2.92. The molecule has 0 bridgehead atoms. The van der Waals surface area contributed by atoms with Crippen LogP contribution >= 0.6 is 0 Å². The second-order valence-electron chi connectivity index (χ2n) is 5.51. The van der Waals surface area contributed by atoms with Gasteiger partial charge in [-0.25, -0.2) is 5.01 Å². The summed E-state index contributed by atoms with van der Waals surface area (Å²) >= 11 is 0. The first kappa shape index (κ1) is 17.0. The number of unbranched alkanes of at least 4 members (excludes halogenated alkanes) is 5. The van der Waals surface area contributed by atoms with Crippen molar-refractivity contribution in [2.24, 2.45) is 0 Å². The number of carbonyl (C=O) groups is 1. The molecule has 1 saturated heterocycles. The highest BCUT2D eigenvalue weighted by Crippen LogP contribution is 2.06. The van der Waals surface area contributed by atoms with Crippen LogP contribution in [0.15, 0.2) is 24.3 Å². The summed E-state index contributed by atoms with van der Waals surface area (Å²) < 4.78 is 0. The van der Waals surface area contributed by atoms with Gasteiger partial charge in [0.25, 0.3) is 5.91 Å². The number of rotatable bonds is 9. The van der Waals surface area contributed by atoms with Crippen molar-refractivity contribution in [1.82, 2.24) is 10.4 Å². The number of hydrogen-bond acceptors (Lipinski definition) is 2. The predicted molar refractivity (Wildman–Crippen MR) is 85.2 cm³/mol. The Balaban J connectivity index is 2.02. The van der Waals surface area contributed by atoms with Crippen LogP contribution in [0.25, 0.3) is 0 Å². The molecule has 0 aromatic heterocycles. The van der Waals surface area contributed by atoms with Crippen LogP contribution in [0.4, 0.5) is 0 Å². The van der Waals surface area contributed by atoms with Gasteiger partial charge < -0.3 is 0 Å². The zero-order valence-electron chi connectivity index (χ0n) is 12.9. The molecule has 3 heteroatoms. The van der Waals surface area contributed by atoms with Crippen LogP contribution < -0.4 is 5.43 Å². The SMILES string of the molecule is CCCCCCCC=CC=CC(=O)NN1CCCCC1. The second kappa shape index (κ2) is 11.7. The van der Waals surface area contributed by atoms with Gasteiger partial charge >= 0.3 is 0 Å². The van der Waals surface area contributed by atoms with E-state index < -0.39 is 0 Å². The highest BCUT2D eigenvalue weighted by atomic mass is 16.2. The molecule has 0 aromatic rings. The number of hydrogen-bond donors (Lipinski definition) is 1. The highest BCUT2D eigenvalue weighted by Gasteiger charge is 2.10. The molecular weight excluding hydrogens is 248 g/mol. The molecule has 20 heavy (non-hydrogen) atoms. The van der Waals surface area contributed by atoms with E-state index in [2.05, 4.69) is 18.4 Å². The van der Waals surface area contributed by atoms with Gasteiger partial charge in [0, 0.05) is 19.2 Å². The molecule has 0 aromatic carbocycles. The van der Waals surface area contributed by atoms with Gasteiger partial charge in [-0.3, -0.25) is 10.2 Å². The Bertz CT molecular complexity index is 304. The molecule has 3 nitrogen and oxygen atoms in total. The monoisotopic (exact) mass is 278 g/mol. The quantitative estimate of drug-likeness (QED) is 0.393. The van der Waals surface area contributed by atoms with E-state index in [0.29, 0.717) is 0 Å². The second-order valence-corrected chi connectivity index (χ2v) is 5.51. The molecule has 0 spiro atoms. The fourth-order valence-corrected chi connectivity index (χ4v) is 2.38. The molecule has 0 saturated carbocycles. The van der Waals surface area contributed by atoms with E-state index >= 15 is 0 Å². The number of amides is 1. The van der Waals surface area contributed by atoms with Gasteiger partial charge in [-0.15, -0.1) is 0 Å². The molecule has 1 aliphatic heterocycles. The number of nitrogens with zero attached hydrogens (tertiary/aromatic N) is 1. The molecule has 1 fully saturated rings. The number of piperidine rings is 1. The van der Waals surface area contributed by atoms with E-state index in [9.17, 15) is 4.79 Å². The van der Waals surface area contributed by atoms with Crippen molar-refractivity contribution in [3.63, 3.8) is 0 Å². The first-order chi connectivity index (χ1) is 9.83. The Morgan fingerprint density at radius 2 is 1.80 bits per heavy atom. The molecule has 1 amide bonds. The Morgan fingerprint density at radius 3 is 2.55 bits per heavy atom. The molecule has 0 aliphatic carbocycles. The molecule has 114 valence electrons. The van der Waals surface area contributed by atoms with Crippen LogP contribution in [0.2, 0.25) is 0 Å². The number of allylic oxidation sites excluding steroid dienone is 3. The van der Waals surface area contributed by atoms with E-state index in [-0.39, 0.29) is 5.91 Å². The summed E-state index contributed by atoms with van der Waals surface area (Å²) in [6, 6.07) is 0. The van der Waals surface area contributed by atoms with E-state index in [1.807, 2.05) is 17.2 Å². The summed E-state index contributed by atoms with van der Waals surface area (Å²) in [7, 11) is 0. The van der Waals surface area contributed by atoms with E-state index in [1.165, 1.54) is 51.4 Å². The van der Waals surface area contributed by atoms with Crippen LogP contribution in [0, 0.1) is 0 Å². The van der Waals surface area contributed by atoms with Crippen LogP contribution in [0.3, 0.4) is 0 Å². The number of carbonyl (C=O) groups excluding carboxylic acids is 1. The molecule has 1 heterocycles. The van der Waals surface area contributed by atoms with Crippen LogP contribution in [0.1, 0.15) is 64.7 Å². The third kappa shape index (κ3) is 8.92. The predicted octanol–water partition coefficient (Wildman–Crippen LogP) is 3.98. The number of hydrazine groups is 1. The molecule has 0 radical (unpaired) electrons. The average Bonchev–Trinajstić information content (AvgIpc) is 2.46. The summed E-state index contributed by atoms with van der Waals surface area (Å²) in [4.78, 5) is 11.6. The fraction of sp³-hybridized carbons (Fsp3) is 0.706. The van der Waals surface area contributed by atoms with E-state index in [1.54, 1.807) is 6.08 Å². The van der Waals surface area contributed by atoms with Crippen molar-refractivity contribution in [2.75, 3.05) is 13.1 Å². The van der Waals surface area contributed by atoms with Gasteiger partial charge in [-0.1, -0.05) is 57.3 Å². The summed E-state index contributed by atoms with van der Waals surface area (Å²) in [5, 5.41) is 2.02. The van der Waals surface area contributed by atoms with Gasteiger partial charge in [0.1, 0.15) is 0 Å². The van der Waals surface area contributed by atoms with Crippen LogP contribution in [0.5, 0.6) is 0 Å². The highest BCUT2D eigenvalue weighted by molar-refractivity contribution is 5.87. The van der Waals surface area contributed by atoms with Gasteiger partial charge in [0.2, 0.25) is 0 Å². The van der Waals surface area contributed by atoms with Gasteiger partial charge in [-0.2, -0.15) is 0 Å². The maximum absolute atomic E-state index is 11.6. The summed E-state index contributed by atoms with van der Waals surface area (Å²) in [6.45, 7) is 4.19. The van der Waals surface area contributed by atoms with Crippen molar-refractivity contribution in [3.8, 4) is 0 Å². The minimum Gasteiger partial charge on any atom is -0.285 e. The Morgan fingerprint density at radius 1 is 1.05 bits per heavy atom. The molecule has 0 atom stereocenters. The Hall–Kier alpha value is -1.09. The molecule has 1 rings (SSSR count). The maximum Gasteiger partial charge on any atom is 0.258 e. The first-order valence-electron chi connectivity index (χ1n) is 8.21. The van der Waals surface area contributed by atoms with Crippen molar-refractivity contribution in [3.05, 3.63) is 24.3 Å². The minimum absolute atomic E-state index is 0.0144. The molecule has 1 aliphatic rings. The zero-order valence-corrected chi connectivity index (χ0v) is 12.9. The lowest BCUT2D eigenvalue weighted by atomic mass is 10.1. The van der Waals surface area contributed by atoms with Crippen molar-refractivity contribution in [2.45, 2.75) is 64.7 Å². The van der Waals surface area contributed by atoms with Crippen LogP contribution in [-0.2, 0) is 4.79 Å². The Labute approximate surface area is 124 Å². The van der Waals surface area contributed by atoms with Crippen molar-refractivity contribution in [1.29, 1.82) is 0 Å². The molecular formula is C17H30N2O.